The lowest BCUT2D eigenvalue weighted by Gasteiger charge is -2.31. The molecule has 7 nitrogen and oxygen atoms in total. The van der Waals surface area contributed by atoms with Gasteiger partial charge in [-0.2, -0.15) is 5.10 Å². The van der Waals surface area contributed by atoms with Crippen molar-refractivity contribution in [1.29, 1.82) is 0 Å². The zero-order chi connectivity index (χ0) is 13.8. The highest BCUT2D eigenvalue weighted by Gasteiger charge is 2.20. The summed E-state index contributed by atoms with van der Waals surface area (Å²) >= 11 is 0. The summed E-state index contributed by atoms with van der Waals surface area (Å²) in [4.78, 5) is 24.7. The van der Waals surface area contributed by atoms with Gasteiger partial charge < -0.3 is 9.84 Å². The van der Waals surface area contributed by atoms with Gasteiger partial charge in [-0.15, -0.1) is 0 Å². The van der Waals surface area contributed by atoms with Crippen molar-refractivity contribution in [2.45, 2.75) is 19.6 Å². The Morgan fingerprint density at radius 3 is 3.05 bits per heavy atom. The molecule has 1 saturated heterocycles. The van der Waals surface area contributed by atoms with Crippen molar-refractivity contribution >= 4 is 5.97 Å². The van der Waals surface area contributed by atoms with Crippen LogP contribution >= 0.6 is 0 Å². The van der Waals surface area contributed by atoms with Crippen LogP contribution < -0.4 is 5.56 Å². The van der Waals surface area contributed by atoms with Crippen molar-refractivity contribution in [3.8, 4) is 0 Å². The zero-order valence-electron chi connectivity index (χ0n) is 10.8. The first-order valence-electron chi connectivity index (χ1n) is 6.25. The largest absolute Gasteiger partial charge is 0.476 e. The Bertz CT molecular complexity index is 514. The second-order valence-electron chi connectivity index (χ2n) is 4.43. The number of hydrogen-bond donors (Lipinski definition) is 1. The molecule has 0 radical (unpaired) electrons. The molecule has 0 aliphatic carbocycles. The molecule has 1 unspecified atom stereocenters. The third-order valence-corrected chi connectivity index (χ3v) is 3.13. The quantitative estimate of drug-likeness (QED) is 0.803. The summed E-state index contributed by atoms with van der Waals surface area (Å²) in [5.74, 6) is -1.14. The first-order valence-corrected chi connectivity index (χ1v) is 6.25. The number of nitrogens with zero attached hydrogens (tertiary/aromatic N) is 3. The van der Waals surface area contributed by atoms with Crippen LogP contribution in [0, 0.1) is 0 Å². The van der Waals surface area contributed by atoms with E-state index in [-0.39, 0.29) is 23.9 Å². The molecule has 2 heterocycles. The molecule has 0 amide bonds. The molecule has 1 aliphatic heterocycles. The lowest BCUT2D eigenvalue weighted by molar-refractivity contribution is -0.0365. The fourth-order valence-corrected chi connectivity index (χ4v) is 2.06. The standard InChI is InChI=1S/C12H17N3O4/c1-2-14-5-6-19-9(7-14)8-15-11(16)4-3-10(13-15)12(17)18/h3-4,9H,2,5-8H2,1H3,(H,17,18). The molecule has 0 spiro atoms. The van der Waals surface area contributed by atoms with E-state index in [1.54, 1.807) is 0 Å². The van der Waals surface area contributed by atoms with Gasteiger partial charge in [0.15, 0.2) is 5.69 Å². The van der Waals surface area contributed by atoms with Crippen LogP contribution in [0.3, 0.4) is 0 Å². The van der Waals surface area contributed by atoms with Crippen LogP contribution in [0.2, 0.25) is 0 Å². The molecular formula is C12H17N3O4. The number of carbonyl (C=O) groups is 1. The van der Waals surface area contributed by atoms with Gasteiger partial charge in [0.1, 0.15) is 0 Å². The number of aromatic nitrogens is 2. The summed E-state index contributed by atoms with van der Waals surface area (Å²) in [5, 5.41) is 12.7. The minimum atomic E-state index is -1.14. The Hall–Kier alpha value is -1.73. The van der Waals surface area contributed by atoms with E-state index in [0.29, 0.717) is 6.61 Å². The molecular weight excluding hydrogens is 250 g/mol. The molecule has 1 aromatic rings. The predicted molar refractivity (Wildman–Crippen MR) is 67.3 cm³/mol. The van der Waals surface area contributed by atoms with Crippen molar-refractivity contribution in [1.82, 2.24) is 14.7 Å². The zero-order valence-corrected chi connectivity index (χ0v) is 10.8. The summed E-state index contributed by atoms with van der Waals surface area (Å²) in [7, 11) is 0. The molecule has 0 saturated carbocycles. The molecule has 0 aromatic carbocycles. The third kappa shape index (κ3) is 3.39. The van der Waals surface area contributed by atoms with Crippen molar-refractivity contribution in [2.24, 2.45) is 0 Å². The number of carboxylic acids is 1. The Morgan fingerprint density at radius 1 is 1.58 bits per heavy atom. The second-order valence-corrected chi connectivity index (χ2v) is 4.43. The molecule has 1 fully saturated rings. The van der Waals surface area contributed by atoms with E-state index < -0.39 is 5.97 Å². The molecule has 1 atom stereocenters. The van der Waals surface area contributed by atoms with E-state index in [1.165, 1.54) is 12.1 Å². The fraction of sp³-hybridized carbons (Fsp3) is 0.583. The van der Waals surface area contributed by atoms with Crippen molar-refractivity contribution in [2.75, 3.05) is 26.2 Å². The van der Waals surface area contributed by atoms with Gasteiger partial charge in [0.05, 0.1) is 19.3 Å². The van der Waals surface area contributed by atoms with Crippen molar-refractivity contribution < 1.29 is 14.6 Å². The van der Waals surface area contributed by atoms with Crippen molar-refractivity contribution in [3.63, 3.8) is 0 Å². The predicted octanol–water partition coefficient (Wildman–Crippen LogP) is -0.338. The van der Waals surface area contributed by atoms with Crippen LogP contribution in [0.25, 0.3) is 0 Å². The average Bonchev–Trinajstić information content (AvgIpc) is 2.41. The van der Waals surface area contributed by atoms with Gasteiger partial charge in [-0.25, -0.2) is 9.48 Å². The second kappa shape index (κ2) is 5.94. The number of aromatic carboxylic acids is 1. The number of likely N-dealkylation sites (N-methyl/N-ethyl adjacent to an activating group) is 1. The van der Waals surface area contributed by atoms with Crippen LogP contribution in [0.1, 0.15) is 17.4 Å². The van der Waals surface area contributed by atoms with E-state index >= 15 is 0 Å². The lowest BCUT2D eigenvalue weighted by atomic mass is 10.2. The summed E-state index contributed by atoms with van der Waals surface area (Å²) in [6.45, 7) is 5.49. The molecule has 104 valence electrons. The van der Waals surface area contributed by atoms with E-state index in [0.717, 1.165) is 24.3 Å². The van der Waals surface area contributed by atoms with Gasteiger partial charge >= 0.3 is 5.97 Å². The first-order chi connectivity index (χ1) is 9.10. The minimum Gasteiger partial charge on any atom is -0.476 e. The van der Waals surface area contributed by atoms with E-state index in [9.17, 15) is 9.59 Å². The smallest absolute Gasteiger partial charge is 0.356 e. The number of hydrogen-bond acceptors (Lipinski definition) is 5. The molecule has 1 aliphatic rings. The van der Waals surface area contributed by atoms with Gasteiger partial charge in [0.25, 0.3) is 5.56 Å². The van der Waals surface area contributed by atoms with Gasteiger partial charge in [-0.3, -0.25) is 9.69 Å². The number of carboxylic acid groups (broad SMARTS) is 1. The highest BCUT2D eigenvalue weighted by Crippen LogP contribution is 2.06. The molecule has 7 heteroatoms. The third-order valence-electron chi connectivity index (χ3n) is 3.13. The summed E-state index contributed by atoms with van der Waals surface area (Å²) in [6.07, 6.45) is -0.136. The Morgan fingerprint density at radius 2 is 2.37 bits per heavy atom. The van der Waals surface area contributed by atoms with Crippen LogP contribution in [-0.2, 0) is 11.3 Å². The van der Waals surface area contributed by atoms with Crippen LogP contribution in [0.4, 0.5) is 0 Å². The van der Waals surface area contributed by atoms with Crippen LogP contribution in [0.5, 0.6) is 0 Å². The molecule has 1 N–H and O–H groups in total. The molecule has 0 bridgehead atoms. The van der Waals surface area contributed by atoms with E-state index in [4.69, 9.17) is 9.84 Å². The molecule has 19 heavy (non-hydrogen) atoms. The summed E-state index contributed by atoms with van der Waals surface area (Å²) in [5.41, 5.74) is -0.454. The molecule has 1 aromatic heterocycles. The summed E-state index contributed by atoms with van der Waals surface area (Å²) < 4.78 is 6.74. The lowest BCUT2D eigenvalue weighted by Crippen LogP contribution is -2.45. The first kappa shape index (κ1) is 13.7. The van der Waals surface area contributed by atoms with Crippen molar-refractivity contribution in [3.05, 3.63) is 28.2 Å². The highest BCUT2D eigenvalue weighted by atomic mass is 16.5. The Kier molecular flexibility index (Phi) is 4.28. The minimum absolute atomic E-state index is 0.136. The van der Waals surface area contributed by atoms with E-state index in [2.05, 4.69) is 16.9 Å². The van der Waals surface area contributed by atoms with Crippen LogP contribution in [0.15, 0.2) is 16.9 Å². The number of ether oxygens (including phenoxy) is 1. The van der Waals surface area contributed by atoms with Gasteiger partial charge in [0.2, 0.25) is 0 Å². The average molecular weight is 267 g/mol. The SMILES string of the molecule is CCN1CCOC(Cn2nc(C(=O)O)ccc2=O)C1. The van der Waals surface area contributed by atoms with Gasteiger partial charge in [-0.05, 0) is 12.6 Å². The van der Waals surface area contributed by atoms with E-state index in [1.807, 2.05) is 0 Å². The topological polar surface area (TPSA) is 84.7 Å². The Labute approximate surface area is 110 Å². The maximum atomic E-state index is 11.7. The van der Waals surface area contributed by atoms with Gasteiger partial charge in [-0.1, -0.05) is 6.92 Å². The van der Waals surface area contributed by atoms with Gasteiger partial charge in [0, 0.05) is 19.2 Å². The maximum absolute atomic E-state index is 11.7. The normalized spacial score (nSPS) is 20.4. The maximum Gasteiger partial charge on any atom is 0.356 e. The number of morpholine rings is 1. The fourth-order valence-electron chi connectivity index (χ4n) is 2.06. The summed E-state index contributed by atoms with van der Waals surface area (Å²) in [6, 6.07) is 2.43. The monoisotopic (exact) mass is 267 g/mol. The van der Waals surface area contributed by atoms with Crippen LogP contribution in [-0.4, -0.2) is 58.1 Å². The highest BCUT2D eigenvalue weighted by molar-refractivity contribution is 5.84. The number of rotatable bonds is 4. The Balaban J connectivity index is 2.12. The molecule has 2 rings (SSSR count).